The summed E-state index contributed by atoms with van der Waals surface area (Å²) in [6.45, 7) is 7.71. The number of aromatic nitrogens is 3. The average molecular weight is 296 g/mol. The molecule has 5 heterocycles. The first-order valence-electron chi connectivity index (χ1n) is 7.49. The molecule has 2 fully saturated rings. The Morgan fingerprint density at radius 2 is 2.00 bits per heavy atom. The van der Waals surface area contributed by atoms with Crippen LogP contribution >= 0.6 is 0 Å². The van der Waals surface area contributed by atoms with Gasteiger partial charge in [-0.1, -0.05) is 0 Å². The van der Waals surface area contributed by atoms with Crippen molar-refractivity contribution in [2.75, 3.05) is 31.2 Å². The third-order valence-corrected chi connectivity index (χ3v) is 4.70. The molecule has 112 valence electrons. The van der Waals surface area contributed by atoms with Crippen LogP contribution in [0.2, 0.25) is 0 Å². The van der Waals surface area contributed by atoms with Crippen molar-refractivity contribution in [1.29, 1.82) is 0 Å². The van der Waals surface area contributed by atoms with Gasteiger partial charge in [-0.15, -0.1) is 0 Å². The minimum absolute atomic E-state index is 0.341. The number of nitrogens with zero attached hydrogens (tertiary/aromatic N) is 4. The van der Waals surface area contributed by atoms with Crippen molar-refractivity contribution in [3.05, 3.63) is 23.7 Å². The highest BCUT2D eigenvalue weighted by Crippen LogP contribution is 2.42. The van der Waals surface area contributed by atoms with Gasteiger partial charge in [-0.05, 0) is 25.5 Å². The molecule has 0 unspecified atom stereocenters. The zero-order chi connectivity index (χ0) is 14.9. The van der Waals surface area contributed by atoms with Crippen molar-refractivity contribution in [2.24, 2.45) is 5.41 Å². The molecule has 0 bridgehead atoms. The van der Waals surface area contributed by atoms with Crippen molar-refractivity contribution in [1.82, 2.24) is 15.0 Å². The average Bonchev–Trinajstić information content (AvgIpc) is 2.74. The Hall–Kier alpha value is -2.21. The van der Waals surface area contributed by atoms with Gasteiger partial charge in [-0.3, -0.25) is 0 Å². The van der Waals surface area contributed by atoms with Crippen molar-refractivity contribution in [3.8, 4) is 0 Å². The van der Waals surface area contributed by atoms with Gasteiger partial charge in [0, 0.05) is 18.8 Å². The summed E-state index contributed by atoms with van der Waals surface area (Å²) in [7, 11) is 0. The number of anilines is 1. The Labute approximate surface area is 127 Å². The van der Waals surface area contributed by atoms with Crippen LogP contribution in [0.3, 0.4) is 0 Å². The van der Waals surface area contributed by atoms with Crippen LogP contribution in [0.4, 0.5) is 5.82 Å². The Morgan fingerprint density at radius 1 is 1.18 bits per heavy atom. The number of rotatable bonds is 1. The first-order chi connectivity index (χ1) is 10.7. The molecule has 2 aliphatic rings. The minimum Gasteiger partial charge on any atom is -0.432 e. The Morgan fingerprint density at radius 3 is 2.73 bits per heavy atom. The number of furan rings is 1. The monoisotopic (exact) mass is 296 g/mol. The van der Waals surface area contributed by atoms with Crippen molar-refractivity contribution in [2.45, 2.75) is 13.8 Å². The molecule has 0 aliphatic carbocycles. The molecule has 0 N–H and O–H groups in total. The van der Waals surface area contributed by atoms with Gasteiger partial charge in [0.2, 0.25) is 5.71 Å². The maximum atomic E-state index is 6.01. The predicted molar refractivity (Wildman–Crippen MR) is 82.0 cm³/mol. The fraction of sp³-hybridized carbons (Fsp3) is 0.438. The number of fused-ring (bicyclic) bond motifs is 3. The van der Waals surface area contributed by atoms with Crippen LogP contribution in [-0.4, -0.2) is 41.3 Å². The van der Waals surface area contributed by atoms with Gasteiger partial charge in [0.15, 0.2) is 11.4 Å². The van der Waals surface area contributed by atoms with Gasteiger partial charge in [-0.2, -0.15) is 0 Å². The summed E-state index contributed by atoms with van der Waals surface area (Å²) < 4.78 is 11.3. The second-order valence-electron chi connectivity index (χ2n) is 6.59. The zero-order valence-corrected chi connectivity index (χ0v) is 12.6. The SMILES string of the molecule is Cc1cc(C)c2c(n1)oc1c(N3CC4(COC4)C3)ncnc12. The maximum Gasteiger partial charge on any atom is 0.229 e. The van der Waals surface area contributed by atoms with Crippen LogP contribution in [0.1, 0.15) is 11.3 Å². The molecule has 22 heavy (non-hydrogen) atoms. The molecule has 6 heteroatoms. The number of pyridine rings is 1. The minimum atomic E-state index is 0.341. The van der Waals surface area contributed by atoms with Crippen LogP contribution in [-0.2, 0) is 4.74 Å². The van der Waals surface area contributed by atoms with E-state index in [-0.39, 0.29) is 0 Å². The van der Waals surface area contributed by atoms with E-state index in [1.807, 2.05) is 6.92 Å². The number of aryl methyl sites for hydroxylation is 2. The van der Waals surface area contributed by atoms with Crippen molar-refractivity contribution in [3.63, 3.8) is 0 Å². The second-order valence-corrected chi connectivity index (χ2v) is 6.59. The summed E-state index contributed by atoms with van der Waals surface area (Å²) >= 11 is 0. The standard InChI is InChI=1S/C16H16N4O2/c1-9-3-10(2)19-15-11(9)12-13(22-15)14(18-8-17-12)20-4-16(5-20)6-21-7-16/h3,8H,4-7H2,1-2H3. The molecule has 0 aromatic carbocycles. The third-order valence-electron chi connectivity index (χ3n) is 4.70. The fourth-order valence-corrected chi connectivity index (χ4v) is 3.61. The lowest BCUT2D eigenvalue weighted by Crippen LogP contribution is -2.66. The van der Waals surface area contributed by atoms with E-state index < -0.39 is 0 Å². The normalized spacial score (nSPS) is 19.6. The molecule has 0 amide bonds. The number of hydrogen-bond acceptors (Lipinski definition) is 6. The van der Waals surface area contributed by atoms with Crippen LogP contribution in [0, 0.1) is 19.3 Å². The van der Waals surface area contributed by atoms with E-state index in [4.69, 9.17) is 9.15 Å². The molecule has 0 saturated carbocycles. The van der Waals surface area contributed by atoms with Gasteiger partial charge in [0.25, 0.3) is 0 Å². The van der Waals surface area contributed by atoms with E-state index in [2.05, 4.69) is 32.8 Å². The van der Waals surface area contributed by atoms with Crippen LogP contribution in [0.25, 0.3) is 22.2 Å². The van der Waals surface area contributed by atoms with E-state index in [1.165, 1.54) is 0 Å². The molecule has 6 nitrogen and oxygen atoms in total. The van der Waals surface area contributed by atoms with Gasteiger partial charge < -0.3 is 14.1 Å². The summed E-state index contributed by atoms with van der Waals surface area (Å²) in [5.41, 5.74) is 4.68. The molecule has 2 aliphatic heterocycles. The quantitative estimate of drug-likeness (QED) is 0.686. The second kappa shape index (κ2) is 3.95. The highest BCUT2D eigenvalue weighted by atomic mass is 16.5. The van der Waals surface area contributed by atoms with Gasteiger partial charge in [0.05, 0.1) is 24.0 Å². The zero-order valence-electron chi connectivity index (χ0n) is 12.6. The first kappa shape index (κ1) is 12.3. The summed E-state index contributed by atoms with van der Waals surface area (Å²) in [6.07, 6.45) is 1.62. The molecule has 1 spiro atoms. The van der Waals surface area contributed by atoms with E-state index in [0.717, 1.165) is 59.9 Å². The molecule has 3 aromatic heterocycles. The number of ether oxygens (including phenoxy) is 1. The predicted octanol–water partition coefficient (Wildman–Crippen LogP) is 2.22. The lowest BCUT2D eigenvalue weighted by Gasteiger charge is -2.55. The van der Waals surface area contributed by atoms with Crippen molar-refractivity contribution >= 4 is 28.0 Å². The van der Waals surface area contributed by atoms with Crippen molar-refractivity contribution < 1.29 is 9.15 Å². The smallest absolute Gasteiger partial charge is 0.229 e. The summed E-state index contributed by atoms with van der Waals surface area (Å²) in [5.74, 6) is 0.873. The van der Waals surface area contributed by atoms with Crippen LogP contribution in [0.5, 0.6) is 0 Å². The molecule has 0 radical (unpaired) electrons. The highest BCUT2D eigenvalue weighted by Gasteiger charge is 2.50. The topological polar surface area (TPSA) is 64.3 Å². The molecular weight excluding hydrogens is 280 g/mol. The maximum absolute atomic E-state index is 6.01. The molecular formula is C16H16N4O2. The lowest BCUT2D eigenvalue weighted by molar-refractivity contribution is -0.127. The lowest BCUT2D eigenvalue weighted by atomic mass is 9.78. The number of hydrogen-bond donors (Lipinski definition) is 0. The van der Waals surface area contributed by atoms with Gasteiger partial charge in [-0.25, -0.2) is 15.0 Å². The van der Waals surface area contributed by atoms with Crippen LogP contribution in [0.15, 0.2) is 16.8 Å². The van der Waals surface area contributed by atoms with E-state index in [1.54, 1.807) is 6.33 Å². The first-order valence-corrected chi connectivity index (χ1v) is 7.49. The van der Waals surface area contributed by atoms with Gasteiger partial charge >= 0.3 is 0 Å². The molecule has 5 rings (SSSR count). The Bertz CT molecular complexity index is 905. The van der Waals surface area contributed by atoms with Gasteiger partial charge in [0.1, 0.15) is 11.8 Å². The largest absolute Gasteiger partial charge is 0.432 e. The van der Waals surface area contributed by atoms with E-state index in [0.29, 0.717) is 11.1 Å². The van der Waals surface area contributed by atoms with Crippen LogP contribution < -0.4 is 4.90 Å². The molecule has 0 atom stereocenters. The summed E-state index contributed by atoms with van der Waals surface area (Å²) in [4.78, 5) is 15.6. The third kappa shape index (κ3) is 1.50. The highest BCUT2D eigenvalue weighted by molar-refractivity contribution is 6.06. The fourth-order valence-electron chi connectivity index (χ4n) is 3.61. The summed E-state index contributed by atoms with van der Waals surface area (Å²) in [6, 6.07) is 2.06. The Kier molecular flexibility index (Phi) is 2.22. The van der Waals surface area contributed by atoms with E-state index >= 15 is 0 Å². The Balaban J connectivity index is 1.68. The molecule has 2 saturated heterocycles. The van der Waals surface area contributed by atoms with E-state index in [9.17, 15) is 0 Å². The summed E-state index contributed by atoms with van der Waals surface area (Å²) in [5, 5.41) is 0.992. The molecule has 3 aromatic rings.